The molecule has 1 heterocycles. The lowest BCUT2D eigenvalue weighted by molar-refractivity contribution is -0.170. The van der Waals surface area contributed by atoms with Crippen LogP contribution >= 0.6 is 0 Å². The van der Waals surface area contributed by atoms with E-state index >= 15 is 0 Å². The molecule has 4 rings (SSSR count). The standard InChI is InChI=1S/C20H28O5S/c1-13-12-20(26(22,23)14-8-6-5-7-9-14)15(10-11-16(20)21)19(4)17(13)24-18(2,3)25-19/h5-9,13,15-17,21H,10-12H2,1-4H3/t13-,15?,16?,17?,19+,20+/m0/s1. The maximum absolute atomic E-state index is 13.8. The summed E-state index contributed by atoms with van der Waals surface area (Å²) in [7, 11) is -3.74. The molecule has 26 heavy (non-hydrogen) atoms. The van der Waals surface area contributed by atoms with Gasteiger partial charge in [0, 0.05) is 5.92 Å². The third-order valence-electron chi connectivity index (χ3n) is 6.73. The second-order valence-electron chi connectivity index (χ2n) is 8.82. The van der Waals surface area contributed by atoms with Crippen LogP contribution in [0.15, 0.2) is 35.2 Å². The Labute approximate surface area is 155 Å². The van der Waals surface area contributed by atoms with E-state index < -0.39 is 32.1 Å². The minimum absolute atomic E-state index is 0.0377. The fraction of sp³-hybridized carbons (Fsp3) is 0.700. The number of aliphatic hydroxyl groups excluding tert-OH is 1. The molecular weight excluding hydrogens is 352 g/mol. The third-order valence-corrected chi connectivity index (χ3v) is 9.34. The van der Waals surface area contributed by atoms with Gasteiger partial charge in [0.2, 0.25) is 0 Å². The van der Waals surface area contributed by atoms with Gasteiger partial charge in [-0.25, -0.2) is 8.42 Å². The molecule has 1 aliphatic heterocycles. The summed E-state index contributed by atoms with van der Waals surface area (Å²) in [6.45, 7) is 7.74. The second-order valence-corrected chi connectivity index (χ2v) is 11.1. The molecule has 0 spiro atoms. The normalized spacial score (nSPS) is 44.5. The van der Waals surface area contributed by atoms with Gasteiger partial charge in [-0.1, -0.05) is 25.1 Å². The molecule has 2 saturated carbocycles. The van der Waals surface area contributed by atoms with Gasteiger partial charge in [0.25, 0.3) is 0 Å². The van der Waals surface area contributed by atoms with Crippen LogP contribution in [-0.2, 0) is 19.3 Å². The minimum Gasteiger partial charge on any atom is -0.391 e. The molecule has 6 atom stereocenters. The van der Waals surface area contributed by atoms with E-state index in [9.17, 15) is 13.5 Å². The molecule has 144 valence electrons. The van der Waals surface area contributed by atoms with Crippen molar-refractivity contribution >= 4 is 9.84 Å². The molecule has 1 aromatic carbocycles. The van der Waals surface area contributed by atoms with E-state index in [1.165, 1.54) is 0 Å². The highest BCUT2D eigenvalue weighted by atomic mass is 32.2. The van der Waals surface area contributed by atoms with Crippen LogP contribution in [0.1, 0.15) is 47.0 Å². The largest absolute Gasteiger partial charge is 0.391 e. The Morgan fingerprint density at radius 2 is 1.77 bits per heavy atom. The molecule has 0 radical (unpaired) electrons. The lowest BCUT2D eigenvalue weighted by atomic mass is 9.65. The Balaban J connectivity index is 1.90. The van der Waals surface area contributed by atoms with Crippen LogP contribution in [0.4, 0.5) is 0 Å². The molecule has 0 bridgehead atoms. The van der Waals surface area contributed by atoms with E-state index in [-0.39, 0.29) is 22.8 Å². The van der Waals surface area contributed by atoms with Gasteiger partial charge in [0.1, 0.15) is 4.75 Å². The van der Waals surface area contributed by atoms with Crippen molar-refractivity contribution in [2.75, 3.05) is 0 Å². The van der Waals surface area contributed by atoms with Crippen molar-refractivity contribution < 1.29 is 23.0 Å². The summed E-state index contributed by atoms with van der Waals surface area (Å²) in [5.74, 6) is -1.10. The summed E-state index contributed by atoms with van der Waals surface area (Å²) < 4.78 is 38.8. The summed E-state index contributed by atoms with van der Waals surface area (Å²) >= 11 is 0. The van der Waals surface area contributed by atoms with Crippen molar-refractivity contribution in [1.82, 2.24) is 0 Å². The summed E-state index contributed by atoms with van der Waals surface area (Å²) in [6, 6.07) is 8.52. The average Bonchev–Trinajstić information content (AvgIpc) is 3.04. The van der Waals surface area contributed by atoms with Crippen LogP contribution in [0.5, 0.6) is 0 Å². The molecule has 3 fully saturated rings. The molecule has 1 aromatic rings. The van der Waals surface area contributed by atoms with E-state index in [4.69, 9.17) is 9.47 Å². The number of hydrogen-bond donors (Lipinski definition) is 1. The Bertz CT molecular complexity index is 805. The van der Waals surface area contributed by atoms with Crippen LogP contribution < -0.4 is 0 Å². The highest BCUT2D eigenvalue weighted by molar-refractivity contribution is 7.93. The third kappa shape index (κ3) is 2.22. The smallest absolute Gasteiger partial charge is 0.187 e. The van der Waals surface area contributed by atoms with Gasteiger partial charge in [-0.3, -0.25) is 0 Å². The van der Waals surface area contributed by atoms with Gasteiger partial charge in [0.05, 0.1) is 22.7 Å². The van der Waals surface area contributed by atoms with Gasteiger partial charge in [-0.05, 0) is 58.1 Å². The Morgan fingerprint density at radius 1 is 1.12 bits per heavy atom. The van der Waals surface area contributed by atoms with Crippen LogP contribution in [0.25, 0.3) is 0 Å². The zero-order valence-electron chi connectivity index (χ0n) is 15.8. The van der Waals surface area contributed by atoms with E-state index in [2.05, 4.69) is 0 Å². The maximum atomic E-state index is 13.8. The van der Waals surface area contributed by atoms with Crippen molar-refractivity contribution in [3.05, 3.63) is 30.3 Å². The first-order valence-corrected chi connectivity index (χ1v) is 10.9. The van der Waals surface area contributed by atoms with E-state index in [0.29, 0.717) is 19.3 Å². The lowest BCUT2D eigenvalue weighted by Crippen LogP contribution is -2.65. The van der Waals surface area contributed by atoms with Crippen molar-refractivity contribution in [3.8, 4) is 0 Å². The fourth-order valence-corrected chi connectivity index (χ4v) is 8.62. The van der Waals surface area contributed by atoms with Crippen molar-refractivity contribution in [1.29, 1.82) is 0 Å². The second kappa shape index (κ2) is 5.53. The first kappa shape index (κ1) is 18.4. The monoisotopic (exact) mass is 380 g/mol. The fourth-order valence-electron chi connectivity index (χ4n) is 5.99. The molecule has 2 aliphatic carbocycles. The number of rotatable bonds is 2. The highest BCUT2D eigenvalue weighted by Crippen LogP contribution is 2.62. The zero-order chi connectivity index (χ0) is 19.0. The predicted octanol–water partition coefficient (Wildman–Crippen LogP) is 2.92. The van der Waals surface area contributed by atoms with Crippen molar-refractivity contribution in [2.24, 2.45) is 11.8 Å². The molecule has 3 unspecified atom stereocenters. The SMILES string of the molecule is C[C@H]1C[C@]2(S(=O)(=O)c3ccccc3)C(O)CCC2[C@@]2(C)OC(C)(C)OC12. The van der Waals surface area contributed by atoms with Gasteiger partial charge in [-0.15, -0.1) is 0 Å². The summed E-state index contributed by atoms with van der Waals surface area (Å²) in [5.41, 5.74) is -0.736. The quantitative estimate of drug-likeness (QED) is 0.854. The number of benzene rings is 1. The Kier molecular flexibility index (Phi) is 3.92. The van der Waals surface area contributed by atoms with Gasteiger partial charge in [-0.2, -0.15) is 0 Å². The first-order chi connectivity index (χ1) is 12.0. The predicted molar refractivity (Wildman–Crippen MR) is 97.3 cm³/mol. The van der Waals surface area contributed by atoms with E-state index in [1.807, 2.05) is 27.7 Å². The summed E-state index contributed by atoms with van der Waals surface area (Å²) in [5, 5.41) is 11.0. The maximum Gasteiger partial charge on any atom is 0.187 e. The number of fused-ring (bicyclic) bond motifs is 3. The number of hydrogen-bond acceptors (Lipinski definition) is 5. The van der Waals surface area contributed by atoms with E-state index in [0.717, 1.165) is 0 Å². The number of aliphatic hydroxyl groups is 1. The first-order valence-electron chi connectivity index (χ1n) is 9.40. The summed E-state index contributed by atoms with van der Waals surface area (Å²) in [4.78, 5) is 0.276. The molecule has 1 saturated heterocycles. The Morgan fingerprint density at radius 3 is 2.42 bits per heavy atom. The van der Waals surface area contributed by atoms with Crippen LogP contribution in [0.2, 0.25) is 0 Å². The molecule has 3 aliphatic rings. The van der Waals surface area contributed by atoms with Gasteiger partial charge >= 0.3 is 0 Å². The Hall–Kier alpha value is -0.950. The van der Waals surface area contributed by atoms with Crippen LogP contribution in [0, 0.1) is 11.8 Å². The topological polar surface area (TPSA) is 72.8 Å². The number of sulfone groups is 1. The molecule has 0 amide bonds. The molecular formula is C20H28O5S. The van der Waals surface area contributed by atoms with E-state index in [1.54, 1.807) is 30.3 Å². The number of ether oxygens (including phenoxy) is 2. The molecule has 1 N–H and O–H groups in total. The summed E-state index contributed by atoms with van der Waals surface area (Å²) in [6.07, 6.45) is 0.398. The molecule has 5 nitrogen and oxygen atoms in total. The average molecular weight is 381 g/mol. The molecule has 0 aromatic heterocycles. The van der Waals surface area contributed by atoms with Crippen LogP contribution in [0.3, 0.4) is 0 Å². The van der Waals surface area contributed by atoms with Crippen molar-refractivity contribution in [3.63, 3.8) is 0 Å². The van der Waals surface area contributed by atoms with Gasteiger partial charge in [0.15, 0.2) is 15.6 Å². The molecule has 6 heteroatoms. The minimum atomic E-state index is -3.74. The highest BCUT2D eigenvalue weighted by Gasteiger charge is 2.72. The zero-order valence-corrected chi connectivity index (χ0v) is 16.6. The lowest BCUT2D eigenvalue weighted by Gasteiger charge is -2.52. The van der Waals surface area contributed by atoms with Crippen molar-refractivity contribution in [2.45, 2.75) is 80.2 Å². The van der Waals surface area contributed by atoms with Crippen LogP contribution in [-0.4, -0.2) is 41.9 Å². The van der Waals surface area contributed by atoms with Gasteiger partial charge < -0.3 is 14.6 Å².